The minimum absolute atomic E-state index is 0.421. The first kappa shape index (κ1) is 14.6. The van der Waals surface area contributed by atoms with Crippen LogP contribution in [0.4, 0.5) is 0 Å². The SMILES string of the molecule is CC(C)NCc1cc(OCC2CCOC2)ncc1Cl. The van der Waals surface area contributed by atoms with Gasteiger partial charge < -0.3 is 14.8 Å². The van der Waals surface area contributed by atoms with Crippen molar-refractivity contribution in [3.63, 3.8) is 0 Å². The maximum atomic E-state index is 6.13. The van der Waals surface area contributed by atoms with Crippen LogP contribution in [-0.2, 0) is 11.3 Å². The van der Waals surface area contributed by atoms with E-state index >= 15 is 0 Å². The first-order valence-electron chi connectivity index (χ1n) is 6.73. The number of halogens is 1. The number of hydrogen-bond acceptors (Lipinski definition) is 4. The largest absolute Gasteiger partial charge is 0.477 e. The Balaban J connectivity index is 1.91. The fraction of sp³-hybridized carbons (Fsp3) is 0.643. The zero-order chi connectivity index (χ0) is 13.7. The van der Waals surface area contributed by atoms with Gasteiger partial charge in [0.05, 0.1) is 18.2 Å². The minimum Gasteiger partial charge on any atom is -0.477 e. The van der Waals surface area contributed by atoms with Crippen LogP contribution >= 0.6 is 11.6 Å². The summed E-state index contributed by atoms with van der Waals surface area (Å²) in [4.78, 5) is 4.20. The quantitative estimate of drug-likeness (QED) is 0.872. The maximum absolute atomic E-state index is 6.13. The van der Waals surface area contributed by atoms with Gasteiger partial charge in [0.25, 0.3) is 0 Å². The van der Waals surface area contributed by atoms with Crippen LogP contribution in [-0.4, -0.2) is 30.8 Å². The Morgan fingerprint density at radius 1 is 1.58 bits per heavy atom. The van der Waals surface area contributed by atoms with Gasteiger partial charge in [-0.3, -0.25) is 0 Å². The van der Waals surface area contributed by atoms with Crippen LogP contribution in [0.3, 0.4) is 0 Å². The summed E-state index contributed by atoms with van der Waals surface area (Å²) in [6, 6.07) is 2.33. The van der Waals surface area contributed by atoms with Crippen molar-refractivity contribution in [2.24, 2.45) is 5.92 Å². The third kappa shape index (κ3) is 4.64. The van der Waals surface area contributed by atoms with E-state index in [2.05, 4.69) is 24.1 Å². The molecule has 0 aliphatic carbocycles. The van der Waals surface area contributed by atoms with Crippen molar-refractivity contribution in [3.8, 4) is 5.88 Å². The maximum Gasteiger partial charge on any atom is 0.213 e. The number of pyridine rings is 1. The summed E-state index contributed by atoms with van der Waals surface area (Å²) in [5.41, 5.74) is 1.02. The Hall–Kier alpha value is -0.840. The Morgan fingerprint density at radius 2 is 2.42 bits per heavy atom. The average Bonchev–Trinajstić information content (AvgIpc) is 2.89. The molecule has 2 rings (SSSR count). The number of nitrogens with one attached hydrogen (secondary N) is 1. The van der Waals surface area contributed by atoms with Gasteiger partial charge in [0.15, 0.2) is 0 Å². The molecule has 0 aromatic carbocycles. The third-order valence-electron chi connectivity index (χ3n) is 3.10. The zero-order valence-corrected chi connectivity index (χ0v) is 12.2. The van der Waals surface area contributed by atoms with E-state index in [1.807, 2.05) is 6.07 Å². The van der Waals surface area contributed by atoms with Gasteiger partial charge in [-0.15, -0.1) is 0 Å². The summed E-state index contributed by atoms with van der Waals surface area (Å²) in [5, 5.41) is 4.01. The molecule has 0 saturated carbocycles. The molecule has 19 heavy (non-hydrogen) atoms. The molecule has 1 aliphatic rings. The van der Waals surface area contributed by atoms with Crippen molar-refractivity contribution in [1.29, 1.82) is 0 Å². The Labute approximate surface area is 119 Å². The highest BCUT2D eigenvalue weighted by Crippen LogP contribution is 2.21. The molecule has 2 heterocycles. The van der Waals surface area contributed by atoms with Gasteiger partial charge in [0.1, 0.15) is 0 Å². The van der Waals surface area contributed by atoms with Crippen LogP contribution < -0.4 is 10.1 Å². The number of nitrogens with zero attached hydrogens (tertiary/aromatic N) is 1. The van der Waals surface area contributed by atoms with Crippen molar-refractivity contribution >= 4 is 11.6 Å². The van der Waals surface area contributed by atoms with Gasteiger partial charge >= 0.3 is 0 Å². The van der Waals surface area contributed by atoms with Gasteiger partial charge in [-0.05, 0) is 12.0 Å². The number of hydrogen-bond donors (Lipinski definition) is 1. The summed E-state index contributed by atoms with van der Waals surface area (Å²) in [6.45, 7) is 7.22. The molecule has 1 aliphatic heterocycles. The zero-order valence-electron chi connectivity index (χ0n) is 11.5. The molecule has 106 valence electrons. The molecule has 1 atom stereocenters. The summed E-state index contributed by atoms with van der Waals surface area (Å²) in [5.74, 6) is 1.12. The van der Waals surface area contributed by atoms with E-state index in [1.54, 1.807) is 6.20 Å². The molecule has 1 fully saturated rings. The predicted molar refractivity (Wildman–Crippen MR) is 75.6 cm³/mol. The first-order chi connectivity index (χ1) is 9.15. The van der Waals surface area contributed by atoms with Gasteiger partial charge in [-0.1, -0.05) is 25.4 Å². The topological polar surface area (TPSA) is 43.4 Å². The van der Waals surface area contributed by atoms with Crippen LogP contribution in [0.5, 0.6) is 5.88 Å². The lowest BCUT2D eigenvalue weighted by molar-refractivity contribution is 0.165. The van der Waals surface area contributed by atoms with E-state index in [0.717, 1.165) is 31.7 Å². The number of rotatable bonds is 6. The predicted octanol–water partition coefficient (Wildman–Crippen LogP) is 2.65. The number of ether oxygens (including phenoxy) is 2. The van der Waals surface area contributed by atoms with Gasteiger partial charge in [0.2, 0.25) is 5.88 Å². The molecule has 1 unspecified atom stereocenters. The van der Waals surface area contributed by atoms with Crippen molar-refractivity contribution in [2.75, 3.05) is 19.8 Å². The van der Waals surface area contributed by atoms with E-state index in [9.17, 15) is 0 Å². The van der Waals surface area contributed by atoms with Crippen LogP contribution in [0.25, 0.3) is 0 Å². The lowest BCUT2D eigenvalue weighted by Gasteiger charge is -2.13. The second-order valence-electron chi connectivity index (χ2n) is 5.19. The molecule has 1 aromatic heterocycles. The second kappa shape index (κ2) is 7.08. The highest BCUT2D eigenvalue weighted by atomic mass is 35.5. The van der Waals surface area contributed by atoms with Crippen molar-refractivity contribution in [2.45, 2.75) is 32.9 Å². The highest BCUT2D eigenvalue weighted by Gasteiger charge is 2.16. The minimum atomic E-state index is 0.421. The molecule has 1 N–H and O–H groups in total. The van der Waals surface area contributed by atoms with E-state index in [4.69, 9.17) is 21.1 Å². The lowest BCUT2D eigenvalue weighted by atomic mass is 10.1. The molecule has 0 spiro atoms. The van der Waals surface area contributed by atoms with Crippen LogP contribution in [0, 0.1) is 5.92 Å². The van der Waals surface area contributed by atoms with Crippen molar-refractivity contribution < 1.29 is 9.47 Å². The fourth-order valence-corrected chi connectivity index (χ4v) is 2.08. The van der Waals surface area contributed by atoms with Gasteiger partial charge in [-0.25, -0.2) is 4.98 Å². The standard InChI is InChI=1S/C14H21ClN2O2/c1-10(2)16-6-12-5-14(17-7-13(12)15)19-9-11-3-4-18-8-11/h5,7,10-11,16H,3-4,6,8-9H2,1-2H3. The summed E-state index contributed by atoms with van der Waals surface area (Å²) in [6.07, 6.45) is 2.72. The molecular weight excluding hydrogens is 264 g/mol. The number of aromatic nitrogens is 1. The normalized spacial score (nSPS) is 19.1. The molecule has 1 saturated heterocycles. The molecule has 1 aromatic rings. The van der Waals surface area contributed by atoms with Crippen LogP contribution in [0.1, 0.15) is 25.8 Å². The molecular formula is C14H21ClN2O2. The molecule has 4 nitrogen and oxygen atoms in total. The fourth-order valence-electron chi connectivity index (χ4n) is 1.90. The Bertz CT molecular complexity index is 406. The van der Waals surface area contributed by atoms with E-state index in [1.165, 1.54) is 0 Å². The lowest BCUT2D eigenvalue weighted by Crippen LogP contribution is -2.22. The van der Waals surface area contributed by atoms with E-state index in [0.29, 0.717) is 29.5 Å². The summed E-state index contributed by atoms with van der Waals surface area (Å²) < 4.78 is 11.0. The van der Waals surface area contributed by atoms with Crippen molar-refractivity contribution in [1.82, 2.24) is 10.3 Å². The van der Waals surface area contributed by atoms with Crippen molar-refractivity contribution in [3.05, 3.63) is 22.8 Å². The molecule has 0 amide bonds. The summed E-state index contributed by atoms with van der Waals surface area (Å²) >= 11 is 6.13. The third-order valence-corrected chi connectivity index (χ3v) is 3.44. The smallest absolute Gasteiger partial charge is 0.213 e. The molecule has 0 bridgehead atoms. The Morgan fingerprint density at radius 3 is 3.11 bits per heavy atom. The average molecular weight is 285 g/mol. The second-order valence-corrected chi connectivity index (χ2v) is 5.60. The van der Waals surface area contributed by atoms with Crippen LogP contribution in [0.2, 0.25) is 5.02 Å². The van der Waals surface area contributed by atoms with Crippen LogP contribution in [0.15, 0.2) is 12.3 Å². The highest BCUT2D eigenvalue weighted by molar-refractivity contribution is 6.31. The first-order valence-corrected chi connectivity index (χ1v) is 7.11. The van der Waals surface area contributed by atoms with E-state index in [-0.39, 0.29) is 0 Å². The monoisotopic (exact) mass is 284 g/mol. The molecule has 5 heteroatoms. The van der Waals surface area contributed by atoms with E-state index < -0.39 is 0 Å². The molecule has 0 radical (unpaired) electrons. The summed E-state index contributed by atoms with van der Waals surface area (Å²) in [7, 11) is 0. The van der Waals surface area contributed by atoms with Gasteiger partial charge in [0, 0.05) is 37.4 Å². The Kier molecular flexibility index (Phi) is 5.43. The van der Waals surface area contributed by atoms with Gasteiger partial charge in [-0.2, -0.15) is 0 Å².